The van der Waals surface area contributed by atoms with Crippen molar-refractivity contribution >= 4 is 10.9 Å². The molecule has 0 aliphatic heterocycles. The summed E-state index contributed by atoms with van der Waals surface area (Å²) in [6, 6.07) is 11.5. The first kappa shape index (κ1) is 11.7. The molecule has 0 atom stereocenters. The summed E-state index contributed by atoms with van der Waals surface area (Å²) in [6.45, 7) is 2.08. The van der Waals surface area contributed by atoms with Gasteiger partial charge in [-0.05, 0) is 41.8 Å². The number of aromatic amines is 1. The van der Waals surface area contributed by atoms with E-state index in [4.69, 9.17) is 0 Å². The molecule has 0 aliphatic carbocycles. The zero-order valence-electron chi connectivity index (χ0n) is 10.7. The minimum atomic E-state index is 0.0420. The lowest BCUT2D eigenvalue weighted by atomic mass is 10.0. The fourth-order valence-corrected chi connectivity index (χ4v) is 2.20. The van der Waals surface area contributed by atoms with Gasteiger partial charge in [0, 0.05) is 35.1 Å². The van der Waals surface area contributed by atoms with Crippen molar-refractivity contribution in [3.8, 4) is 11.1 Å². The van der Waals surface area contributed by atoms with Crippen LogP contribution in [0.15, 0.2) is 53.6 Å². The molecule has 19 heavy (non-hydrogen) atoms. The monoisotopic (exact) mass is 250 g/mol. The second-order valence-electron chi connectivity index (χ2n) is 4.49. The van der Waals surface area contributed by atoms with E-state index in [9.17, 15) is 4.79 Å². The largest absolute Gasteiger partial charge is 0.361 e. The summed E-state index contributed by atoms with van der Waals surface area (Å²) in [5.41, 5.74) is 4.10. The van der Waals surface area contributed by atoms with Crippen LogP contribution in [0.3, 0.4) is 0 Å². The van der Waals surface area contributed by atoms with Crippen LogP contribution in [0.25, 0.3) is 22.0 Å². The third-order valence-electron chi connectivity index (χ3n) is 3.27. The van der Waals surface area contributed by atoms with E-state index in [1.807, 2.05) is 30.5 Å². The van der Waals surface area contributed by atoms with Crippen LogP contribution in [-0.2, 0) is 6.42 Å². The molecule has 0 saturated carbocycles. The molecule has 0 fully saturated rings. The van der Waals surface area contributed by atoms with Crippen LogP contribution in [0.4, 0.5) is 0 Å². The molecule has 3 rings (SSSR count). The highest BCUT2D eigenvalue weighted by Gasteiger charge is 2.03. The zero-order chi connectivity index (χ0) is 13.2. The molecule has 0 amide bonds. The predicted molar refractivity (Wildman–Crippen MR) is 77.2 cm³/mol. The molecule has 2 heterocycles. The standard InChI is InChI=1S/C16H14N2O/c1-2-13-9-12(5-7-17-13)11-3-4-15-14(10-11)16(19)6-8-18-15/h3-10H,2H2,1H3,(H,18,19). The van der Waals surface area contributed by atoms with E-state index in [1.165, 1.54) is 0 Å². The fraction of sp³-hybridized carbons (Fsp3) is 0.125. The highest BCUT2D eigenvalue weighted by Crippen LogP contribution is 2.22. The number of hydrogen-bond donors (Lipinski definition) is 1. The van der Waals surface area contributed by atoms with Gasteiger partial charge in [0.1, 0.15) is 0 Å². The van der Waals surface area contributed by atoms with Crippen molar-refractivity contribution in [2.45, 2.75) is 13.3 Å². The number of nitrogens with zero attached hydrogens (tertiary/aromatic N) is 1. The van der Waals surface area contributed by atoms with Crippen LogP contribution in [0.1, 0.15) is 12.6 Å². The predicted octanol–water partition coefficient (Wildman–Crippen LogP) is 3.15. The molecule has 94 valence electrons. The first-order valence-corrected chi connectivity index (χ1v) is 6.34. The van der Waals surface area contributed by atoms with Crippen molar-refractivity contribution in [3.05, 3.63) is 64.7 Å². The highest BCUT2D eigenvalue weighted by atomic mass is 16.1. The average Bonchev–Trinajstić information content (AvgIpc) is 2.47. The van der Waals surface area contributed by atoms with Crippen LogP contribution in [0.2, 0.25) is 0 Å². The molecular weight excluding hydrogens is 236 g/mol. The normalized spacial score (nSPS) is 10.8. The van der Waals surface area contributed by atoms with Gasteiger partial charge in [0.2, 0.25) is 0 Å². The summed E-state index contributed by atoms with van der Waals surface area (Å²) < 4.78 is 0. The van der Waals surface area contributed by atoms with Gasteiger partial charge in [-0.1, -0.05) is 13.0 Å². The number of benzene rings is 1. The first-order chi connectivity index (χ1) is 9.28. The zero-order valence-corrected chi connectivity index (χ0v) is 10.7. The summed E-state index contributed by atoms with van der Waals surface area (Å²) >= 11 is 0. The first-order valence-electron chi connectivity index (χ1n) is 6.34. The van der Waals surface area contributed by atoms with E-state index in [0.29, 0.717) is 0 Å². The van der Waals surface area contributed by atoms with Crippen molar-refractivity contribution in [1.29, 1.82) is 0 Å². The topological polar surface area (TPSA) is 45.8 Å². The van der Waals surface area contributed by atoms with E-state index < -0.39 is 0 Å². The molecule has 0 saturated heterocycles. The lowest BCUT2D eigenvalue weighted by Crippen LogP contribution is -1.99. The highest BCUT2D eigenvalue weighted by molar-refractivity contribution is 5.84. The number of H-pyrrole nitrogens is 1. The second-order valence-corrected chi connectivity index (χ2v) is 4.49. The Kier molecular flexibility index (Phi) is 2.88. The van der Waals surface area contributed by atoms with E-state index >= 15 is 0 Å². The molecule has 3 aromatic rings. The Balaban J connectivity index is 2.20. The Morgan fingerprint density at radius 1 is 1.11 bits per heavy atom. The fourth-order valence-electron chi connectivity index (χ4n) is 2.20. The number of aromatic nitrogens is 2. The SMILES string of the molecule is CCc1cc(-c2ccc3[nH]ccc(=O)c3c2)ccn1. The summed E-state index contributed by atoms with van der Waals surface area (Å²) in [6.07, 6.45) is 4.39. The van der Waals surface area contributed by atoms with Crippen molar-refractivity contribution in [1.82, 2.24) is 9.97 Å². The quantitative estimate of drug-likeness (QED) is 0.759. The van der Waals surface area contributed by atoms with Crippen molar-refractivity contribution in [2.75, 3.05) is 0 Å². The van der Waals surface area contributed by atoms with E-state index in [0.717, 1.165) is 34.1 Å². The molecule has 3 heteroatoms. The molecular formula is C16H14N2O. The van der Waals surface area contributed by atoms with Crippen LogP contribution < -0.4 is 5.43 Å². The Labute approximate surface area is 111 Å². The van der Waals surface area contributed by atoms with Gasteiger partial charge >= 0.3 is 0 Å². The Bertz CT molecular complexity index is 790. The van der Waals surface area contributed by atoms with E-state index in [2.05, 4.69) is 23.0 Å². The number of aryl methyl sites for hydroxylation is 1. The van der Waals surface area contributed by atoms with Crippen LogP contribution in [0, 0.1) is 0 Å². The Hall–Kier alpha value is -2.42. The Morgan fingerprint density at radius 2 is 1.95 bits per heavy atom. The number of nitrogens with one attached hydrogen (secondary N) is 1. The summed E-state index contributed by atoms with van der Waals surface area (Å²) in [7, 11) is 0. The van der Waals surface area contributed by atoms with Crippen LogP contribution in [-0.4, -0.2) is 9.97 Å². The van der Waals surface area contributed by atoms with Crippen molar-refractivity contribution in [2.24, 2.45) is 0 Å². The summed E-state index contributed by atoms with van der Waals surface area (Å²) in [5.74, 6) is 0. The van der Waals surface area contributed by atoms with Crippen LogP contribution in [0.5, 0.6) is 0 Å². The van der Waals surface area contributed by atoms with Gasteiger partial charge in [-0.25, -0.2) is 0 Å². The third kappa shape index (κ3) is 2.15. The minimum absolute atomic E-state index is 0.0420. The molecule has 1 aromatic carbocycles. The molecule has 3 nitrogen and oxygen atoms in total. The number of hydrogen-bond acceptors (Lipinski definition) is 2. The smallest absolute Gasteiger partial charge is 0.189 e. The number of rotatable bonds is 2. The van der Waals surface area contributed by atoms with Gasteiger partial charge in [0.15, 0.2) is 5.43 Å². The van der Waals surface area contributed by atoms with Gasteiger partial charge in [-0.2, -0.15) is 0 Å². The lowest BCUT2D eigenvalue weighted by molar-refractivity contribution is 1.04. The van der Waals surface area contributed by atoms with Crippen molar-refractivity contribution in [3.63, 3.8) is 0 Å². The number of pyridine rings is 2. The summed E-state index contributed by atoms with van der Waals surface area (Å²) in [4.78, 5) is 19.2. The van der Waals surface area contributed by atoms with Gasteiger partial charge in [-0.3, -0.25) is 9.78 Å². The molecule has 0 bridgehead atoms. The van der Waals surface area contributed by atoms with E-state index in [-0.39, 0.29) is 5.43 Å². The molecule has 0 spiro atoms. The second kappa shape index (κ2) is 4.69. The Morgan fingerprint density at radius 3 is 2.79 bits per heavy atom. The maximum atomic E-state index is 11.9. The lowest BCUT2D eigenvalue weighted by Gasteiger charge is -2.05. The summed E-state index contributed by atoms with van der Waals surface area (Å²) in [5, 5.41) is 0.717. The average molecular weight is 250 g/mol. The molecule has 0 unspecified atom stereocenters. The van der Waals surface area contributed by atoms with Gasteiger partial charge < -0.3 is 4.98 Å². The third-order valence-corrected chi connectivity index (χ3v) is 3.27. The minimum Gasteiger partial charge on any atom is -0.361 e. The van der Waals surface area contributed by atoms with Gasteiger partial charge in [-0.15, -0.1) is 0 Å². The molecule has 2 aromatic heterocycles. The number of fused-ring (bicyclic) bond motifs is 1. The van der Waals surface area contributed by atoms with Crippen molar-refractivity contribution < 1.29 is 0 Å². The van der Waals surface area contributed by atoms with Gasteiger partial charge in [0.05, 0.1) is 0 Å². The maximum absolute atomic E-state index is 11.9. The van der Waals surface area contributed by atoms with E-state index in [1.54, 1.807) is 12.3 Å². The molecule has 0 aliphatic rings. The van der Waals surface area contributed by atoms with Gasteiger partial charge in [0.25, 0.3) is 0 Å². The maximum Gasteiger partial charge on any atom is 0.189 e. The molecule has 0 radical (unpaired) electrons. The van der Waals surface area contributed by atoms with Crippen LogP contribution >= 0.6 is 0 Å². The molecule has 1 N–H and O–H groups in total.